The first-order valence-corrected chi connectivity index (χ1v) is 11.0. The lowest BCUT2D eigenvalue weighted by molar-refractivity contribution is -0.118. The molecule has 0 unspecified atom stereocenters. The van der Waals surface area contributed by atoms with Crippen molar-refractivity contribution in [3.63, 3.8) is 0 Å². The molecule has 2 aromatic carbocycles. The van der Waals surface area contributed by atoms with E-state index in [0.29, 0.717) is 30.1 Å². The van der Waals surface area contributed by atoms with Crippen molar-refractivity contribution in [2.45, 2.75) is 25.3 Å². The number of halogens is 1. The molecule has 0 saturated heterocycles. The maximum atomic E-state index is 12.5. The van der Waals surface area contributed by atoms with Gasteiger partial charge in [-0.15, -0.1) is 0 Å². The van der Waals surface area contributed by atoms with E-state index in [1.807, 2.05) is 0 Å². The second kappa shape index (κ2) is 10.0. The molecule has 0 bridgehead atoms. The van der Waals surface area contributed by atoms with Gasteiger partial charge in [0.2, 0.25) is 10.0 Å². The highest BCUT2D eigenvalue weighted by Crippen LogP contribution is 2.23. The Kier molecular flexibility index (Phi) is 7.99. The number of anilines is 1. The molecular weight excluding hydrogens is 448 g/mol. The number of sulfonamides is 1. The maximum Gasteiger partial charge on any atom is 0.262 e. The Morgan fingerprint density at radius 3 is 2.36 bits per heavy atom. The predicted octanol–water partition coefficient (Wildman–Crippen LogP) is 2.99. The van der Waals surface area contributed by atoms with Crippen LogP contribution in [-0.2, 0) is 21.4 Å². The van der Waals surface area contributed by atoms with Gasteiger partial charge in [0.25, 0.3) is 5.91 Å². The van der Waals surface area contributed by atoms with Crippen LogP contribution in [-0.4, -0.2) is 43.4 Å². The van der Waals surface area contributed by atoms with Crippen LogP contribution < -0.4 is 10.1 Å². The topological polar surface area (TPSA) is 95.9 Å². The normalized spacial score (nSPS) is 11.5. The molecule has 2 aromatic rings. The van der Waals surface area contributed by atoms with Gasteiger partial charge in [-0.05, 0) is 42.5 Å². The second-order valence-electron chi connectivity index (χ2n) is 5.86. The smallest absolute Gasteiger partial charge is 0.262 e. The molecule has 7 nitrogen and oxygen atoms in total. The van der Waals surface area contributed by atoms with E-state index in [1.165, 1.54) is 28.6 Å². The third-order valence-corrected chi connectivity index (χ3v) is 6.59. The number of nitrogens with zero attached hydrogens (tertiary/aromatic N) is 1. The molecule has 0 aromatic heterocycles. The summed E-state index contributed by atoms with van der Waals surface area (Å²) < 4.78 is 32.6. The first-order chi connectivity index (χ1) is 13.3. The molecule has 0 spiro atoms. The fraction of sp³-hybridized carbons (Fsp3) is 0.316. The van der Waals surface area contributed by atoms with Gasteiger partial charge in [-0.1, -0.05) is 29.8 Å². The summed E-state index contributed by atoms with van der Waals surface area (Å²) in [6.45, 7) is 3.89. The van der Waals surface area contributed by atoms with Crippen LogP contribution in [0.5, 0.6) is 5.75 Å². The largest absolute Gasteiger partial charge is 0.483 e. The third kappa shape index (κ3) is 5.54. The number of hydrogen-bond acceptors (Lipinski definition) is 5. The number of nitrogens with one attached hydrogen (secondary N) is 1. The fourth-order valence-corrected chi connectivity index (χ4v) is 4.44. The molecule has 1 amide bonds. The van der Waals surface area contributed by atoms with E-state index in [2.05, 4.69) is 21.2 Å². The van der Waals surface area contributed by atoms with Crippen LogP contribution in [0.2, 0.25) is 0 Å². The molecule has 2 rings (SSSR count). The van der Waals surface area contributed by atoms with Crippen LogP contribution in [0.15, 0.2) is 51.8 Å². The summed E-state index contributed by atoms with van der Waals surface area (Å²) in [6.07, 6.45) is 0. The van der Waals surface area contributed by atoms with Crippen molar-refractivity contribution in [1.29, 1.82) is 0 Å². The number of amides is 1. The molecule has 2 N–H and O–H groups in total. The minimum absolute atomic E-state index is 0.174. The molecule has 9 heteroatoms. The molecule has 0 saturated carbocycles. The van der Waals surface area contributed by atoms with Crippen LogP contribution in [0.1, 0.15) is 19.4 Å². The summed E-state index contributed by atoms with van der Waals surface area (Å²) in [5, 5.41) is 12.0. The van der Waals surface area contributed by atoms with Crippen LogP contribution >= 0.6 is 15.9 Å². The van der Waals surface area contributed by atoms with Crippen LogP contribution in [0.4, 0.5) is 5.69 Å². The quantitative estimate of drug-likeness (QED) is 0.587. The van der Waals surface area contributed by atoms with E-state index in [1.54, 1.807) is 32.0 Å². The summed E-state index contributed by atoms with van der Waals surface area (Å²) in [5.41, 5.74) is 1.03. The van der Waals surface area contributed by atoms with Crippen molar-refractivity contribution in [3.05, 3.63) is 52.5 Å². The van der Waals surface area contributed by atoms with Gasteiger partial charge in [0.05, 0.1) is 11.5 Å². The zero-order valence-electron chi connectivity index (χ0n) is 15.7. The lowest BCUT2D eigenvalue weighted by atomic mass is 10.2. The Morgan fingerprint density at radius 1 is 1.14 bits per heavy atom. The highest BCUT2D eigenvalue weighted by molar-refractivity contribution is 9.10. The molecule has 28 heavy (non-hydrogen) atoms. The van der Waals surface area contributed by atoms with Crippen LogP contribution in [0.25, 0.3) is 0 Å². The van der Waals surface area contributed by atoms with Crippen molar-refractivity contribution < 1.29 is 23.1 Å². The van der Waals surface area contributed by atoms with Crippen molar-refractivity contribution in [2.75, 3.05) is 25.0 Å². The van der Waals surface area contributed by atoms with Gasteiger partial charge in [-0.2, -0.15) is 4.31 Å². The zero-order chi connectivity index (χ0) is 20.7. The number of aliphatic hydroxyl groups is 1. The molecule has 152 valence electrons. The van der Waals surface area contributed by atoms with E-state index in [9.17, 15) is 18.3 Å². The molecule has 0 aliphatic carbocycles. The van der Waals surface area contributed by atoms with Gasteiger partial charge >= 0.3 is 0 Å². The summed E-state index contributed by atoms with van der Waals surface area (Å²) in [7, 11) is -3.54. The lowest BCUT2D eigenvalue weighted by Crippen LogP contribution is -2.30. The Hall–Kier alpha value is -1.94. The molecule has 0 heterocycles. The van der Waals surface area contributed by atoms with E-state index >= 15 is 0 Å². The van der Waals surface area contributed by atoms with Crippen LogP contribution in [0, 0.1) is 0 Å². The number of aliphatic hydroxyl groups excluding tert-OH is 1. The Labute approximate surface area is 173 Å². The number of carbonyl (C=O) groups is 1. The summed E-state index contributed by atoms with van der Waals surface area (Å²) in [6, 6.07) is 11.1. The number of benzene rings is 2. The van der Waals surface area contributed by atoms with E-state index in [0.717, 1.165) is 4.47 Å². The zero-order valence-corrected chi connectivity index (χ0v) is 18.1. The molecule has 0 radical (unpaired) electrons. The average molecular weight is 471 g/mol. The van der Waals surface area contributed by atoms with Gasteiger partial charge in [-0.3, -0.25) is 4.79 Å². The number of hydrogen-bond donors (Lipinski definition) is 2. The Morgan fingerprint density at radius 2 is 1.79 bits per heavy atom. The number of ether oxygens (including phenoxy) is 1. The molecule has 0 aliphatic rings. The van der Waals surface area contributed by atoms with E-state index in [-0.39, 0.29) is 18.1 Å². The first kappa shape index (κ1) is 22.4. The lowest BCUT2D eigenvalue weighted by Gasteiger charge is -2.18. The predicted molar refractivity (Wildman–Crippen MR) is 111 cm³/mol. The first-order valence-electron chi connectivity index (χ1n) is 8.74. The van der Waals surface area contributed by atoms with Gasteiger partial charge in [0, 0.05) is 28.8 Å². The van der Waals surface area contributed by atoms with E-state index in [4.69, 9.17) is 4.74 Å². The van der Waals surface area contributed by atoms with Gasteiger partial charge in [0.1, 0.15) is 5.75 Å². The highest BCUT2D eigenvalue weighted by atomic mass is 79.9. The van der Waals surface area contributed by atoms with Crippen molar-refractivity contribution in [3.8, 4) is 5.75 Å². The molecule has 0 atom stereocenters. The maximum absolute atomic E-state index is 12.5. The molecule has 0 aliphatic heterocycles. The molecule has 0 fully saturated rings. The Balaban J connectivity index is 2.00. The monoisotopic (exact) mass is 470 g/mol. The third-order valence-electron chi connectivity index (χ3n) is 4.03. The Bertz CT molecular complexity index is 912. The van der Waals surface area contributed by atoms with Gasteiger partial charge < -0.3 is 15.2 Å². The average Bonchev–Trinajstić information content (AvgIpc) is 2.68. The number of carbonyl (C=O) groups excluding carboxylic acids is 1. The van der Waals surface area contributed by atoms with Gasteiger partial charge in [-0.25, -0.2) is 8.42 Å². The SMILES string of the molecule is CCN(CC)S(=O)(=O)c1ccc(NC(=O)COc2ccc(Br)cc2CO)cc1. The van der Waals surface area contributed by atoms with Crippen molar-refractivity contribution in [2.24, 2.45) is 0 Å². The van der Waals surface area contributed by atoms with Gasteiger partial charge in [0.15, 0.2) is 6.61 Å². The fourth-order valence-electron chi connectivity index (χ4n) is 2.58. The number of rotatable bonds is 9. The second-order valence-corrected chi connectivity index (χ2v) is 8.71. The van der Waals surface area contributed by atoms with E-state index < -0.39 is 15.9 Å². The summed E-state index contributed by atoms with van der Waals surface area (Å²) >= 11 is 3.31. The minimum atomic E-state index is -3.54. The van der Waals surface area contributed by atoms with Crippen LogP contribution in [0.3, 0.4) is 0 Å². The van der Waals surface area contributed by atoms with Crippen molar-refractivity contribution >= 4 is 37.5 Å². The summed E-state index contributed by atoms with van der Waals surface area (Å²) in [4.78, 5) is 12.3. The highest BCUT2D eigenvalue weighted by Gasteiger charge is 2.21. The molecular formula is C19H23BrN2O5S. The summed E-state index contributed by atoms with van der Waals surface area (Å²) in [5.74, 6) is 0.0210. The minimum Gasteiger partial charge on any atom is -0.483 e. The van der Waals surface area contributed by atoms with Crippen molar-refractivity contribution in [1.82, 2.24) is 4.31 Å². The standard InChI is InChI=1S/C19H23BrN2O5S/c1-3-22(4-2)28(25,26)17-8-6-16(7-9-17)21-19(24)13-27-18-10-5-15(20)11-14(18)12-23/h5-11,23H,3-4,12-13H2,1-2H3,(H,21,24).